The van der Waals surface area contributed by atoms with E-state index in [0.29, 0.717) is 0 Å². The molecule has 19 heavy (non-hydrogen) atoms. The lowest BCUT2D eigenvalue weighted by Crippen LogP contribution is -2.27. The minimum atomic E-state index is 0.0247. The molecule has 2 aromatic rings. The minimum absolute atomic E-state index is 0.0247. The van der Waals surface area contributed by atoms with Crippen LogP contribution in [0.4, 0.5) is 5.69 Å². The van der Waals surface area contributed by atoms with E-state index in [4.69, 9.17) is 0 Å². The van der Waals surface area contributed by atoms with Gasteiger partial charge in [-0.2, -0.15) is 0 Å². The zero-order valence-electron chi connectivity index (χ0n) is 10.9. The summed E-state index contributed by atoms with van der Waals surface area (Å²) < 4.78 is 0. The molecule has 96 valence electrons. The highest BCUT2D eigenvalue weighted by molar-refractivity contribution is 7.12. The van der Waals surface area contributed by atoms with Gasteiger partial charge in [0.05, 0.1) is 16.3 Å². The molecule has 0 unspecified atom stereocenters. The summed E-state index contributed by atoms with van der Waals surface area (Å²) in [4.78, 5) is 19.3. The molecule has 1 aliphatic heterocycles. The van der Waals surface area contributed by atoms with Gasteiger partial charge < -0.3 is 4.90 Å². The number of anilines is 1. The molecule has 0 aliphatic carbocycles. The van der Waals surface area contributed by atoms with Crippen molar-refractivity contribution in [2.24, 2.45) is 4.99 Å². The monoisotopic (exact) mass is 270 g/mol. The van der Waals surface area contributed by atoms with Crippen LogP contribution in [0.25, 0.3) is 0 Å². The molecule has 0 saturated carbocycles. The summed E-state index contributed by atoms with van der Waals surface area (Å²) in [6, 6.07) is 10.2. The van der Waals surface area contributed by atoms with E-state index in [-0.39, 0.29) is 12.5 Å². The summed E-state index contributed by atoms with van der Waals surface area (Å²) in [6.07, 6.45) is 0. The number of benzodiazepines with no additional fused rings is 1. The number of carbonyl (C=O) groups is 1. The smallest absolute Gasteiger partial charge is 0.248 e. The van der Waals surface area contributed by atoms with E-state index >= 15 is 0 Å². The first-order chi connectivity index (χ1) is 9.16. The number of hydrogen-bond acceptors (Lipinski definition) is 3. The molecule has 3 rings (SSSR count). The van der Waals surface area contributed by atoms with Gasteiger partial charge in [-0.1, -0.05) is 17.7 Å². The lowest BCUT2D eigenvalue weighted by molar-refractivity contribution is -0.116. The number of nitrogens with zero attached hydrogens (tertiary/aromatic N) is 2. The Kier molecular flexibility index (Phi) is 2.95. The lowest BCUT2D eigenvalue weighted by atomic mass is 10.0. The normalized spacial score (nSPS) is 14.9. The van der Waals surface area contributed by atoms with Gasteiger partial charge in [0.1, 0.15) is 6.54 Å². The molecule has 0 spiro atoms. The molecule has 0 N–H and O–H groups in total. The van der Waals surface area contributed by atoms with Crippen LogP contribution < -0.4 is 4.90 Å². The van der Waals surface area contributed by atoms with Crippen molar-refractivity contribution < 1.29 is 4.79 Å². The predicted molar refractivity (Wildman–Crippen MR) is 79.4 cm³/mol. The molecule has 0 atom stereocenters. The second kappa shape index (κ2) is 4.63. The molecule has 3 nitrogen and oxygen atoms in total. The Morgan fingerprint density at radius 1 is 1.32 bits per heavy atom. The minimum Gasteiger partial charge on any atom is -0.313 e. The molecule has 0 bridgehead atoms. The van der Waals surface area contributed by atoms with Gasteiger partial charge in [-0.15, -0.1) is 11.3 Å². The Morgan fingerprint density at radius 2 is 2.16 bits per heavy atom. The maximum Gasteiger partial charge on any atom is 0.248 e. The van der Waals surface area contributed by atoms with Crippen molar-refractivity contribution in [3.05, 3.63) is 51.7 Å². The Morgan fingerprint density at radius 3 is 2.89 bits per heavy atom. The summed E-state index contributed by atoms with van der Waals surface area (Å²) in [5.41, 5.74) is 4.06. The fraction of sp³-hybridized carbons (Fsp3) is 0.200. The number of likely N-dealkylation sites (N-methyl/N-ethyl adjacent to an activating group) is 1. The fourth-order valence-electron chi connectivity index (χ4n) is 2.23. The molecule has 1 aliphatic rings. The van der Waals surface area contributed by atoms with Crippen molar-refractivity contribution in [2.45, 2.75) is 6.92 Å². The van der Waals surface area contributed by atoms with Crippen molar-refractivity contribution in [2.75, 3.05) is 18.5 Å². The van der Waals surface area contributed by atoms with Crippen LogP contribution in [0.3, 0.4) is 0 Å². The van der Waals surface area contributed by atoms with Gasteiger partial charge in [0.15, 0.2) is 0 Å². The first-order valence-electron chi connectivity index (χ1n) is 6.13. The van der Waals surface area contributed by atoms with Crippen LogP contribution in [0.1, 0.15) is 16.0 Å². The molecule has 0 radical (unpaired) electrons. The van der Waals surface area contributed by atoms with E-state index in [1.165, 1.54) is 5.56 Å². The van der Waals surface area contributed by atoms with Gasteiger partial charge >= 0.3 is 0 Å². The molecule has 1 aromatic heterocycles. The highest BCUT2D eigenvalue weighted by Gasteiger charge is 2.22. The number of thiophene rings is 1. The van der Waals surface area contributed by atoms with Crippen LogP contribution >= 0.6 is 11.3 Å². The Balaban J connectivity index is 2.24. The molecule has 4 heteroatoms. The zero-order chi connectivity index (χ0) is 13.4. The summed E-state index contributed by atoms with van der Waals surface area (Å²) in [5, 5.41) is 2.03. The average molecular weight is 270 g/mol. The first kappa shape index (κ1) is 12.1. The lowest BCUT2D eigenvalue weighted by Gasteiger charge is -2.18. The standard InChI is InChI=1S/C15H14N2OS/c1-10-5-6-12-11(8-10)15(13-4-3-7-19-13)16-9-14(18)17(12)2/h3-8H,9H2,1-2H3. The van der Waals surface area contributed by atoms with E-state index in [1.807, 2.05) is 36.7 Å². The van der Waals surface area contributed by atoms with Gasteiger partial charge in [0, 0.05) is 12.6 Å². The number of aryl methyl sites for hydroxylation is 1. The quantitative estimate of drug-likeness (QED) is 0.784. The number of hydrogen-bond donors (Lipinski definition) is 0. The number of benzene rings is 1. The molecule has 1 amide bonds. The molecule has 2 heterocycles. The van der Waals surface area contributed by atoms with E-state index < -0.39 is 0 Å². The second-order valence-electron chi connectivity index (χ2n) is 4.62. The molecule has 0 saturated heterocycles. The largest absolute Gasteiger partial charge is 0.313 e. The summed E-state index contributed by atoms with van der Waals surface area (Å²) in [5.74, 6) is 0.0247. The van der Waals surface area contributed by atoms with Gasteiger partial charge in [-0.05, 0) is 30.5 Å². The van der Waals surface area contributed by atoms with Gasteiger partial charge in [-0.25, -0.2) is 0 Å². The number of fused-ring (bicyclic) bond motifs is 1. The summed E-state index contributed by atoms with van der Waals surface area (Å²) in [7, 11) is 1.81. The third kappa shape index (κ3) is 2.08. The van der Waals surface area contributed by atoms with E-state index in [1.54, 1.807) is 16.2 Å². The molecular formula is C15H14N2OS. The van der Waals surface area contributed by atoms with Crippen LogP contribution in [0.15, 0.2) is 40.7 Å². The van der Waals surface area contributed by atoms with Crippen molar-refractivity contribution in [3.63, 3.8) is 0 Å². The Bertz CT molecular complexity index is 659. The highest BCUT2D eigenvalue weighted by atomic mass is 32.1. The van der Waals surface area contributed by atoms with Crippen LogP contribution in [0.2, 0.25) is 0 Å². The fourth-order valence-corrected chi connectivity index (χ4v) is 2.98. The van der Waals surface area contributed by atoms with Crippen LogP contribution in [0, 0.1) is 6.92 Å². The van der Waals surface area contributed by atoms with Crippen molar-refractivity contribution in [1.82, 2.24) is 0 Å². The van der Waals surface area contributed by atoms with E-state index in [9.17, 15) is 4.79 Å². The zero-order valence-corrected chi connectivity index (χ0v) is 11.7. The SMILES string of the molecule is Cc1ccc2c(c1)C(c1cccs1)=NCC(=O)N2C. The van der Waals surface area contributed by atoms with E-state index in [2.05, 4.69) is 18.0 Å². The van der Waals surface area contributed by atoms with Gasteiger partial charge in [-0.3, -0.25) is 9.79 Å². The number of aliphatic imine (C=N–C) groups is 1. The van der Waals surface area contributed by atoms with Crippen molar-refractivity contribution in [3.8, 4) is 0 Å². The molecule has 1 aromatic carbocycles. The van der Waals surface area contributed by atoms with Gasteiger partial charge in [0.2, 0.25) is 5.91 Å². The number of amides is 1. The van der Waals surface area contributed by atoms with E-state index in [0.717, 1.165) is 21.8 Å². The maximum absolute atomic E-state index is 12.0. The third-order valence-corrected chi connectivity index (χ3v) is 4.15. The van der Waals surface area contributed by atoms with Crippen LogP contribution in [-0.2, 0) is 4.79 Å². The van der Waals surface area contributed by atoms with Crippen LogP contribution in [-0.4, -0.2) is 25.2 Å². The summed E-state index contributed by atoms with van der Waals surface area (Å²) >= 11 is 1.65. The number of carbonyl (C=O) groups excluding carboxylic acids is 1. The third-order valence-electron chi connectivity index (χ3n) is 3.27. The average Bonchev–Trinajstić information content (AvgIpc) is 2.88. The summed E-state index contributed by atoms with van der Waals surface area (Å²) in [6.45, 7) is 2.26. The Hall–Kier alpha value is -1.94. The van der Waals surface area contributed by atoms with Crippen molar-refractivity contribution >= 4 is 28.6 Å². The highest BCUT2D eigenvalue weighted by Crippen LogP contribution is 2.28. The number of rotatable bonds is 1. The predicted octanol–water partition coefficient (Wildman–Crippen LogP) is 2.87. The first-order valence-corrected chi connectivity index (χ1v) is 7.00. The van der Waals surface area contributed by atoms with Crippen LogP contribution in [0.5, 0.6) is 0 Å². The topological polar surface area (TPSA) is 32.7 Å². The van der Waals surface area contributed by atoms with Gasteiger partial charge in [0.25, 0.3) is 0 Å². The van der Waals surface area contributed by atoms with Crippen molar-refractivity contribution in [1.29, 1.82) is 0 Å². The molecule has 0 fully saturated rings. The second-order valence-corrected chi connectivity index (χ2v) is 5.56. The Labute approximate surface area is 116 Å². The molecular weight excluding hydrogens is 256 g/mol. The maximum atomic E-state index is 12.0.